The maximum atomic E-state index is 11.5. The van der Waals surface area contributed by atoms with Gasteiger partial charge in [-0.1, -0.05) is 12.8 Å². The highest BCUT2D eigenvalue weighted by Gasteiger charge is 2.27. The molecule has 1 N–H and O–H groups in total. The highest BCUT2D eigenvalue weighted by Crippen LogP contribution is 2.24. The van der Waals surface area contributed by atoms with E-state index in [0.29, 0.717) is 0 Å². The van der Waals surface area contributed by atoms with Gasteiger partial charge in [0.2, 0.25) is 10.0 Å². The Morgan fingerprint density at radius 1 is 1.38 bits per heavy atom. The zero-order chi connectivity index (χ0) is 9.90. The Balaban J connectivity index is 2.59. The number of aliphatic hydroxyl groups is 1. The minimum atomic E-state index is -3.21. The molecule has 0 radical (unpaired) electrons. The second kappa shape index (κ2) is 4.39. The van der Waals surface area contributed by atoms with Crippen LogP contribution in [0.4, 0.5) is 0 Å². The molecule has 1 aliphatic carbocycles. The molecule has 0 spiro atoms. The van der Waals surface area contributed by atoms with E-state index in [2.05, 4.69) is 0 Å². The summed E-state index contributed by atoms with van der Waals surface area (Å²) in [6.07, 6.45) is 4.15. The van der Waals surface area contributed by atoms with E-state index in [1.807, 2.05) is 0 Å². The third-order valence-corrected chi connectivity index (χ3v) is 4.50. The lowest BCUT2D eigenvalue weighted by atomic mass is 10.3. The Hall–Kier alpha value is -0.130. The Morgan fingerprint density at radius 3 is 2.38 bits per heavy atom. The fraction of sp³-hybridized carbons (Fsp3) is 1.00. The van der Waals surface area contributed by atoms with Gasteiger partial charge in [-0.05, 0) is 12.8 Å². The molecule has 0 aromatic heterocycles. The monoisotopic (exact) mass is 207 g/mol. The van der Waals surface area contributed by atoms with Crippen molar-refractivity contribution in [3.05, 3.63) is 0 Å². The van der Waals surface area contributed by atoms with E-state index in [4.69, 9.17) is 5.11 Å². The number of rotatable bonds is 4. The first-order valence-electron chi connectivity index (χ1n) is 4.64. The standard InChI is InChI=1S/C8H17NO3S/c1-9(8-4-2-3-5-8)13(11,12)7-6-10/h8,10H,2-7H2,1H3. The predicted molar refractivity (Wildman–Crippen MR) is 50.9 cm³/mol. The number of hydrogen-bond acceptors (Lipinski definition) is 3. The third kappa shape index (κ3) is 2.65. The van der Waals surface area contributed by atoms with Gasteiger partial charge in [-0.15, -0.1) is 0 Å². The molecular formula is C8H17NO3S. The average Bonchev–Trinajstić information content (AvgIpc) is 2.54. The molecule has 5 heteroatoms. The summed E-state index contributed by atoms with van der Waals surface area (Å²) in [6.45, 7) is -0.292. The summed E-state index contributed by atoms with van der Waals surface area (Å²) in [7, 11) is -1.60. The summed E-state index contributed by atoms with van der Waals surface area (Å²) in [6, 6.07) is 0.163. The normalized spacial score (nSPS) is 19.9. The van der Waals surface area contributed by atoms with E-state index in [9.17, 15) is 8.42 Å². The van der Waals surface area contributed by atoms with Crippen molar-refractivity contribution < 1.29 is 13.5 Å². The van der Waals surface area contributed by atoms with Crippen LogP contribution in [0, 0.1) is 0 Å². The summed E-state index contributed by atoms with van der Waals surface area (Å²) >= 11 is 0. The largest absolute Gasteiger partial charge is 0.395 e. The highest BCUT2D eigenvalue weighted by atomic mass is 32.2. The first kappa shape index (κ1) is 10.9. The van der Waals surface area contributed by atoms with Crippen LogP contribution < -0.4 is 0 Å². The van der Waals surface area contributed by atoms with Gasteiger partial charge in [0.25, 0.3) is 0 Å². The number of nitrogens with zero attached hydrogens (tertiary/aromatic N) is 1. The first-order valence-corrected chi connectivity index (χ1v) is 6.25. The zero-order valence-electron chi connectivity index (χ0n) is 7.94. The number of aliphatic hydroxyl groups excluding tert-OH is 1. The van der Waals surface area contributed by atoms with Crippen LogP contribution >= 0.6 is 0 Å². The van der Waals surface area contributed by atoms with Crippen LogP contribution in [0.5, 0.6) is 0 Å². The Kier molecular flexibility index (Phi) is 3.70. The Labute approximate surface area is 79.6 Å². The molecule has 78 valence electrons. The smallest absolute Gasteiger partial charge is 0.216 e. The molecule has 0 aromatic carbocycles. The summed E-state index contributed by atoms with van der Waals surface area (Å²) in [5, 5.41) is 8.59. The van der Waals surface area contributed by atoms with Gasteiger partial charge in [-0.3, -0.25) is 0 Å². The van der Waals surface area contributed by atoms with Gasteiger partial charge in [-0.2, -0.15) is 0 Å². The van der Waals surface area contributed by atoms with Crippen LogP contribution in [0.2, 0.25) is 0 Å². The van der Waals surface area contributed by atoms with E-state index in [1.54, 1.807) is 7.05 Å². The molecule has 1 rings (SSSR count). The second-order valence-electron chi connectivity index (χ2n) is 3.49. The van der Waals surface area contributed by atoms with Crippen LogP contribution in [-0.2, 0) is 10.0 Å². The van der Waals surface area contributed by atoms with Gasteiger partial charge in [-0.25, -0.2) is 12.7 Å². The molecule has 1 saturated carbocycles. The van der Waals surface area contributed by atoms with Gasteiger partial charge in [0.05, 0.1) is 12.4 Å². The molecule has 0 unspecified atom stereocenters. The van der Waals surface area contributed by atoms with E-state index < -0.39 is 10.0 Å². The lowest BCUT2D eigenvalue weighted by Gasteiger charge is -2.22. The van der Waals surface area contributed by atoms with Crippen LogP contribution in [0.3, 0.4) is 0 Å². The number of sulfonamides is 1. The molecular weight excluding hydrogens is 190 g/mol. The van der Waals surface area contributed by atoms with E-state index >= 15 is 0 Å². The Morgan fingerprint density at radius 2 is 1.92 bits per heavy atom. The fourth-order valence-corrected chi connectivity index (χ4v) is 2.94. The second-order valence-corrected chi connectivity index (χ2v) is 5.64. The molecule has 0 aromatic rings. The number of hydrogen-bond donors (Lipinski definition) is 1. The molecule has 1 aliphatic rings. The van der Waals surface area contributed by atoms with Gasteiger partial charge < -0.3 is 5.11 Å². The van der Waals surface area contributed by atoms with E-state index in [0.717, 1.165) is 25.7 Å². The molecule has 4 nitrogen and oxygen atoms in total. The molecule has 0 heterocycles. The molecule has 0 saturated heterocycles. The molecule has 0 bridgehead atoms. The summed E-state index contributed by atoms with van der Waals surface area (Å²) < 4.78 is 24.4. The van der Waals surface area contributed by atoms with Crippen molar-refractivity contribution in [3.63, 3.8) is 0 Å². The first-order chi connectivity index (χ1) is 6.08. The minimum absolute atomic E-state index is 0.153. The van der Waals surface area contributed by atoms with Crippen LogP contribution in [-0.4, -0.2) is 43.3 Å². The molecule has 0 amide bonds. The van der Waals surface area contributed by atoms with Gasteiger partial charge in [0.15, 0.2) is 0 Å². The SMILES string of the molecule is CN(C1CCCC1)S(=O)(=O)CCO. The predicted octanol–water partition coefficient (Wildman–Crippen LogP) is 0.183. The highest BCUT2D eigenvalue weighted by molar-refractivity contribution is 7.89. The van der Waals surface area contributed by atoms with Crippen molar-refractivity contribution in [2.75, 3.05) is 19.4 Å². The molecule has 1 fully saturated rings. The van der Waals surface area contributed by atoms with E-state index in [1.165, 1.54) is 4.31 Å². The van der Waals surface area contributed by atoms with Crippen molar-refractivity contribution in [2.24, 2.45) is 0 Å². The van der Waals surface area contributed by atoms with Gasteiger partial charge >= 0.3 is 0 Å². The lowest BCUT2D eigenvalue weighted by molar-refractivity contribution is 0.311. The van der Waals surface area contributed by atoms with Crippen LogP contribution in [0.25, 0.3) is 0 Å². The summed E-state index contributed by atoms with van der Waals surface area (Å²) in [4.78, 5) is 0. The summed E-state index contributed by atoms with van der Waals surface area (Å²) in [5.41, 5.74) is 0. The van der Waals surface area contributed by atoms with E-state index in [-0.39, 0.29) is 18.4 Å². The lowest BCUT2D eigenvalue weighted by Crippen LogP contribution is -2.37. The van der Waals surface area contributed by atoms with Crippen molar-refractivity contribution >= 4 is 10.0 Å². The van der Waals surface area contributed by atoms with Crippen LogP contribution in [0.15, 0.2) is 0 Å². The average molecular weight is 207 g/mol. The van der Waals surface area contributed by atoms with Gasteiger partial charge in [0, 0.05) is 13.1 Å². The van der Waals surface area contributed by atoms with Gasteiger partial charge in [0.1, 0.15) is 0 Å². The zero-order valence-corrected chi connectivity index (χ0v) is 8.76. The summed E-state index contributed by atoms with van der Waals surface area (Å²) in [5.74, 6) is -0.153. The maximum Gasteiger partial charge on any atom is 0.216 e. The van der Waals surface area contributed by atoms with Crippen molar-refractivity contribution in [2.45, 2.75) is 31.7 Å². The molecule has 13 heavy (non-hydrogen) atoms. The topological polar surface area (TPSA) is 57.6 Å². The molecule has 0 aliphatic heterocycles. The third-order valence-electron chi connectivity index (χ3n) is 2.63. The van der Waals surface area contributed by atoms with Crippen molar-refractivity contribution in [3.8, 4) is 0 Å². The van der Waals surface area contributed by atoms with Crippen molar-refractivity contribution in [1.82, 2.24) is 4.31 Å². The minimum Gasteiger partial charge on any atom is -0.395 e. The maximum absolute atomic E-state index is 11.5. The quantitative estimate of drug-likeness (QED) is 0.715. The van der Waals surface area contributed by atoms with Crippen LogP contribution in [0.1, 0.15) is 25.7 Å². The fourth-order valence-electron chi connectivity index (χ4n) is 1.75. The van der Waals surface area contributed by atoms with Crippen molar-refractivity contribution in [1.29, 1.82) is 0 Å². The Bertz CT molecular complexity index is 244. The molecule has 0 atom stereocenters.